The molecule has 0 saturated carbocycles. The van der Waals surface area contributed by atoms with Gasteiger partial charge in [-0.25, -0.2) is 9.37 Å². The van der Waals surface area contributed by atoms with Gasteiger partial charge in [0.2, 0.25) is 11.8 Å². The Balaban J connectivity index is 1.21. The number of nitrogens with zero attached hydrogens (tertiary/aromatic N) is 4. The van der Waals surface area contributed by atoms with Gasteiger partial charge in [-0.15, -0.1) is 0 Å². The smallest absolute Gasteiger partial charge is 0.257 e. The van der Waals surface area contributed by atoms with Crippen LogP contribution in [0.1, 0.15) is 41.4 Å². The summed E-state index contributed by atoms with van der Waals surface area (Å²) in [7, 11) is 1.33. The van der Waals surface area contributed by atoms with E-state index < -0.39 is 29.0 Å². The number of ether oxygens (including phenoxy) is 1. The number of methoxy groups -OCH3 is 1. The van der Waals surface area contributed by atoms with Crippen molar-refractivity contribution in [3.63, 3.8) is 0 Å². The third kappa shape index (κ3) is 3.48. The van der Waals surface area contributed by atoms with Crippen LogP contribution in [0.25, 0.3) is 11.1 Å². The molecule has 7 rings (SSSR count). The van der Waals surface area contributed by atoms with Crippen LogP contribution in [0.3, 0.4) is 0 Å². The lowest BCUT2D eigenvalue weighted by molar-refractivity contribution is -0.127. The second-order valence-corrected chi connectivity index (χ2v) is 10.9. The number of anilines is 1. The molecule has 0 unspecified atom stereocenters. The Labute approximate surface area is 223 Å². The van der Waals surface area contributed by atoms with Crippen molar-refractivity contribution in [1.82, 2.24) is 20.1 Å². The molecule has 39 heavy (non-hydrogen) atoms. The second-order valence-electron chi connectivity index (χ2n) is 10.9. The van der Waals surface area contributed by atoms with Gasteiger partial charge in [0, 0.05) is 44.3 Å². The topological polar surface area (TPSA) is 108 Å². The Kier molecular flexibility index (Phi) is 5.25. The van der Waals surface area contributed by atoms with Crippen molar-refractivity contribution in [1.29, 1.82) is 0 Å². The first kappa shape index (κ1) is 24.1. The summed E-state index contributed by atoms with van der Waals surface area (Å²) in [4.78, 5) is 50.1. The normalized spacial score (nSPS) is 26.3. The molecule has 0 spiro atoms. The number of carbonyl (C=O) groups excluding carboxylic acids is 3. The number of nitrogens with one attached hydrogen (secondary N) is 1. The molecule has 0 aliphatic carbocycles. The maximum Gasteiger partial charge on any atom is 0.257 e. The van der Waals surface area contributed by atoms with Gasteiger partial charge in [-0.2, -0.15) is 0 Å². The molecule has 3 aromatic rings. The molecule has 202 valence electrons. The van der Waals surface area contributed by atoms with E-state index in [4.69, 9.17) is 14.1 Å². The van der Waals surface area contributed by atoms with Gasteiger partial charge in [-0.3, -0.25) is 24.6 Å². The zero-order valence-electron chi connectivity index (χ0n) is 21.7. The minimum atomic E-state index is -1.45. The summed E-state index contributed by atoms with van der Waals surface area (Å²) < 4.78 is 26.1. The molecule has 6 heterocycles. The molecule has 1 aromatic carbocycles. The maximum absolute atomic E-state index is 14.9. The molecule has 3 atom stereocenters. The summed E-state index contributed by atoms with van der Waals surface area (Å²) in [6.45, 7) is 5.12. The molecule has 3 amide bonds. The van der Waals surface area contributed by atoms with E-state index in [9.17, 15) is 18.8 Å². The molecular formula is C28H28FN5O5. The molecule has 3 saturated heterocycles. The van der Waals surface area contributed by atoms with E-state index in [1.54, 1.807) is 12.1 Å². The highest BCUT2D eigenvalue weighted by Crippen LogP contribution is 2.40. The number of imide groups is 1. The number of hydrogen-bond donors (Lipinski definition) is 1. The lowest BCUT2D eigenvalue weighted by Crippen LogP contribution is -2.46. The van der Waals surface area contributed by atoms with Gasteiger partial charge < -0.3 is 19.0 Å². The van der Waals surface area contributed by atoms with Crippen LogP contribution in [-0.4, -0.2) is 77.9 Å². The molecule has 3 fully saturated rings. The average Bonchev–Trinajstić information content (AvgIpc) is 3.73. The Hall–Kier alpha value is -3.99. The van der Waals surface area contributed by atoms with Crippen molar-refractivity contribution in [3.05, 3.63) is 53.0 Å². The number of halogens is 1. The number of furan rings is 1. The van der Waals surface area contributed by atoms with Crippen LogP contribution < -0.4 is 15.0 Å². The Morgan fingerprint density at radius 3 is 2.72 bits per heavy atom. The Morgan fingerprint density at radius 2 is 2.03 bits per heavy atom. The van der Waals surface area contributed by atoms with Gasteiger partial charge in [-0.05, 0) is 36.7 Å². The van der Waals surface area contributed by atoms with Gasteiger partial charge in [0.1, 0.15) is 22.5 Å². The predicted octanol–water partition coefficient (Wildman–Crippen LogP) is 2.20. The highest BCUT2D eigenvalue weighted by molar-refractivity contribution is 6.10. The Morgan fingerprint density at radius 1 is 1.18 bits per heavy atom. The highest BCUT2D eigenvalue weighted by atomic mass is 19.1. The van der Waals surface area contributed by atoms with Crippen LogP contribution in [0.15, 0.2) is 34.7 Å². The molecule has 1 N–H and O–H groups in total. The molecule has 10 nitrogen and oxygen atoms in total. The van der Waals surface area contributed by atoms with Gasteiger partial charge >= 0.3 is 0 Å². The van der Waals surface area contributed by atoms with Crippen molar-refractivity contribution < 1.29 is 27.9 Å². The Bertz CT molecular complexity index is 1550. The lowest BCUT2D eigenvalue weighted by Gasteiger charge is -2.34. The van der Waals surface area contributed by atoms with E-state index in [0.717, 1.165) is 31.9 Å². The van der Waals surface area contributed by atoms with Gasteiger partial charge in [0.25, 0.3) is 5.91 Å². The predicted molar refractivity (Wildman–Crippen MR) is 138 cm³/mol. The van der Waals surface area contributed by atoms with Crippen LogP contribution in [0, 0.1) is 5.82 Å². The summed E-state index contributed by atoms with van der Waals surface area (Å²) >= 11 is 0. The molecule has 11 heteroatoms. The monoisotopic (exact) mass is 533 g/mol. The number of likely N-dealkylation sites (N-methyl/N-ethyl adjacent to an activating group) is 1. The van der Waals surface area contributed by atoms with E-state index in [1.807, 2.05) is 12.1 Å². The quantitative estimate of drug-likeness (QED) is 0.481. The number of hydrogen-bond acceptors (Lipinski definition) is 8. The van der Waals surface area contributed by atoms with Gasteiger partial charge in [0.05, 0.1) is 19.1 Å². The fourth-order valence-corrected chi connectivity index (χ4v) is 6.78. The number of aromatic nitrogens is 1. The van der Waals surface area contributed by atoms with Crippen LogP contribution >= 0.6 is 0 Å². The van der Waals surface area contributed by atoms with E-state index in [1.165, 1.54) is 18.1 Å². The maximum atomic E-state index is 14.9. The van der Waals surface area contributed by atoms with Crippen molar-refractivity contribution >= 4 is 34.6 Å². The van der Waals surface area contributed by atoms with E-state index in [0.29, 0.717) is 28.7 Å². The number of amides is 3. The first-order chi connectivity index (χ1) is 18.8. The number of piperazine rings is 1. The first-order valence-corrected chi connectivity index (χ1v) is 13.2. The third-order valence-electron chi connectivity index (χ3n) is 8.77. The minimum absolute atomic E-state index is 0.0276. The van der Waals surface area contributed by atoms with Crippen molar-refractivity contribution in [2.45, 2.75) is 43.8 Å². The first-order valence-electron chi connectivity index (χ1n) is 13.2. The number of pyridine rings is 1. The molecular weight excluding hydrogens is 505 g/mol. The van der Waals surface area contributed by atoms with Crippen LogP contribution in [-0.2, 0) is 21.5 Å². The summed E-state index contributed by atoms with van der Waals surface area (Å²) in [5.74, 6) is -1.22. The molecule has 4 aliphatic heterocycles. The number of carbonyl (C=O) groups is 3. The average molecular weight is 534 g/mol. The van der Waals surface area contributed by atoms with E-state index >= 15 is 0 Å². The summed E-state index contributed by atoms with van der Waals surface area (Å²) in [6.07, 6.45) is 0.932. The third-order valence-corrected chi connectivity index (χ3v) is 8.77. The van der Waals surface area contributed by atoms with Crippen LogP contribution in [0.4, 0.5) is 10.2 Å². The summed E-state index contributed by atoms with van der Waals surface area (Å²) in [6, 6.07) is 9.52. The van der Waals surface area contributed by atoms with E-state index in [-0.39, 0.29) is 36.6 Å². The standard InChI is InChI=1S/C28H28FN5O5/c1-3-32-12-17-8-16(32)13-34(17)22-7-6-19-18(30-22)9-21(39-19)28(10-23(35)31-27(28)37)14-33-11-15-4-5-20(38-2)25(29)24(15)26(33)36/h4-7,9,16-17H,3,8,10-14H2,1-2H3,(H,31,35,37)/t16-,17-,28+/m0/s1. The molecule has 2 aromatic heterocycles. The second kappa shape index (κ2) is 8.51. The molecule has 4 aliphatic rings. The van der Waals surface area contributed by atoms with Crippen LogP contribution in [0.2, 0.25) is 0 Å². The fourth-order valence-electron chi connectivity index (χ4n) is 6.78. The molecule has 0 radical (unpaired) electrons. The SMILES string of the molecule is CCN1C[C@@H]2C[C@H]1CN2c1ccc2oc([C@]3(CN4Cc5ccc(OC)c(F)c5C4=O)CC(=O)NC3=O)cc2n1. The van der Waals surface area contributed by atoms with Crippen molar-refractivity contribution in [3.8, 4) is 5.75 Å². The number of rotatable bonds is 6. The zero-order chi connectivity index (χ0) is 27.1. The van der Waals surface area contributed by atoms with Gasteiger partial charge in [0.15, 0.2) is 17.1 Å². The number of likely N-dealkylation sites (tertiary alicyclic amines) is 1. The number of fused-ring (bicyclic) bond motifs is 4. The van der Waals surface area contributed by atoms with Crippen LogP contribution in [0.5, 0.6) is 5.75 Å². The van der Waals surface area contributed by atoms with Crippen molar-refractivity contribution in [2.24, 2.45) is 0 Å². The fraction of sp³-hybridized carbons (Fsp3) is 0.429. The number of benzene rings is 1. The molecule has 2 bridgehead atoms. The summed E-state index contributed by atoms with van der Waals surface area (Å²) in [5.41, 5.74) is 0.0369. The van der Waals surface area contributed by atoms with E-state index in [2.05, 4.69) is 22.0 Å². The zero-order valence-corrected chi connectivity index (χ0v) is 21.7. The minimum Gasteiger partial charge on any atom is -0.494 e. The summed E-state index contributed by atoms with van der Waals surface area (Å²) in [5, 5.41) is 2.37. The lowest BCUT2D eigenvalue weighted by atomic mass is 9.82. The largest absolute Gasteiger partial charge is 0.494 e. The highest BCUT2D eigenvalue weighted by Gasteiger charge is 2.53. The van der Waals surface area contributed by atoms with Gasteiger partial charge in [-0.1, -0.05) is 13.0 Å². The van der Waals surface area contributed by atoms with Crippen molar-refractivity contribution in [2.75, 3.05) is 38.2 Å².